The maximum absolute atomic E-state index is 13.1. The Morgan fingerprint density at radius 2 is 1.93 bits per heavy atom. The summed E-state index contributed by atoms with van der Waals surface area (Å²) in [5.74, 6) is -0.880. The molecule has 0 aromatic heterocycles. The van der Waals surface area contributed by atoms with Crippen molar-refractivity contribution in [2.45, 2.75) is 32.0 Å². The van der Waals surface area contributed by atoms with Crippen molar-refractivity contribution in [2.75, 3.05) is 20.6 Å². The number of hydrogen-bond donors (Lipinski definition) is 0. The third-order valence-electron chi connectivity index (χ3n) is 4.13. The average molecular weight is 448 g/mol. The Labute approximate surface area is 164 Å². The lowest BCUT2D eigenvalue weighted by atomic mass is 10.1. The van der Waals surface area contributed by atoms with Gasteiger partial charge in [-0.05, 0) is 43.9 Å². The minimum absolute atomic E-state index is 0.117. The van der Waals surface area contributed by atoms with Gasteiger partial charge in [-0.2, -0.15) is 13.2 Å². The monoisotopic (exact) mass is 447 g/mol. The molecule has 5 nitrogen and oxygen atoms in total. The van der Waals surface area contributed by atoms with Crippen LogP contribution >= 0.6 is 15.9 Å². The molecule has 1 aliphatic carbocycles. The maximum Gasteiger partial charge on any atom is 0.416 e. The lowest BCUT2D eigenvalue weighted by Crippen LogP contribution is -2.44. The van der Waals surface area contributed by atoms with E-state index in [0.717, 1.165) is 25.0 Å². The van der Waals surface area contributed by atoms with Crippen LogP contribution in [-0.4, -0.2) is 54.6 Å². The summed E-state index contributed by atoms with van der Waals surface area (Å²) in [4.78, 5) is 32.0. The first-order valence-corrected chi connectivity index (χ1v) is 9.21. The highest BCUT2D eigenvalue weighted by molar-refractivity contribution is 9.10. The van der Waals surface area contributed by atoms with Gasteiger partial charge in [0.25, 0.3) is 11.8 Å². The van der Waals surface area contributed by atoms with Crippen molar-refractivity contribution in [2.24, 2.45) is 10.9 Å². The van der Waals surface area contributed by atoms with Crippen LogP contribution in [0.1, 0.15) is 35.7 Å². The smallest absolute Gasteiger partial charge is 0.369 e. The van der Waals surface area contributed by atoms with E-state index in [9.17, 15) is 22.8 Å². The molecule has 1 atom stereocenters. The van der Waals surface area contributed by atoms with Gasteiger partial charge in [-0.1, -0.05) is 15.9 Å². The minimum Gasteiger partial charge on any atom is -0.369 e. The second kappa shape index (κ2) is 8.41. The van der Waals surface area contributed by atoms with Crippen LogP contribution in [0.15, 0.2) is 27.7 Å². The zero-order valence-corrected chi connectivity index (χ0v) is 16.8. The molecule has 9 heteroatoms. The standard InChI is InChI=1S/C18H21BrF3N3O2/c1-11(16(26)23-10-24(2)3)25(9-12-4-5-12)17(27)13-6-14(18(20,21)22)8-15(19)7-13/h6-8,10-12H,4-5,9H2,1-3H3. The van der Waals surface area contributed by atoms with E-state index < -0.39 is 29.6 Å². The first kappa shape index (κ1) is 21.4. The van der Waals surface area contributed by atoms with E-state index >= 15 is 0 Å². The van der Waals surface area contributed by atoms with Gasteiger partial charge in [0, 0.05) is 30.7 Å². The van der Waals surface area contributed by atoms with Crippen molar-refractivity contribution in [1.29, 1.82) is 0 Å². The summed E-state index contributed by atoms with van der Waals surface area (Å²) in [6, 6.07) is 2.19. The van der Waals surface area contributed by atoms with Crippen LogP contribution in [0.4, 0.5) is 13.2 Å². The Morgan fingerprint density at radius 1 is 1.30 bits per heavy atom. The second-order valence-electron chi connectivity index (χ2n) is 6.85. The molecule has 1 fully saturated rings. The van der Waals surface area contributed by atoms with Crippen molar-refractivity contribution < 1.29 is 22.8 Å². The fourth-order valence-electron chi connectivity index (χ4n) is 2.45. The summed E-state index contributed by atoms with van der Waals surface area (Å²) in [6.07, 6.45) is -1.38. The van der Waals surface area contributed by atoms with Gasteiger partial charge >= 0.3 is 6.18 Å². The molecule has 0 N–H and O–H groups in total. The SMILES string of the molecule is CC(C(=O)N=CN(C)C)N(CC1CC1)C(=O)c1cc(Br)cc(C(F)(F)F)c1. The number of nitrogens with zero attached hydrogens (tertiary/aromatic N) is 3. The molecular formula is C18H21BrF3N3O2. The van der Waals surface area contributed by atoms with Crippen LogP contribution in [-0.2, 0) is 11.0 Å². The summed E-state index contributed by atoms with van der Waals surface area (Å²) in [7, 11) is 3.41. The molecule has 0 heterocycles. The van der Waals surface area contributed by atoms with Crippen LogP contribution < -0.4 is 0 Å². The molecule has 1 aromatic carbocycles. The number of carbonyl (C=O) groups is 2. The minimum atomic E-state index is -4.57. The van der Waals surface area contributed by atoms with E-state index in [1.54, 1.807) is 19.0 Å². The van der Waals surface area contributed by atoms with Crippen molar-refractivity contribution in [1.82, 2.24) is 9.80 Å². The zero-order valence-electron chi connectivity index (χ0n) is 15.3. The highest BCUT2D eigenvalue weighted by Gasteiger charge is 2.35. The molecule has 27 heavy (non-hydrogen) atoms. The summed E-state index contributed by atoms with van der Waals surface area (Å²) in [5.41, 5.74) is -1.04. The normalized spacial score (nSPS) is 15.7. The Morgan fingerprint density at radius 3 is 2.44 bits per heavy atom. The summed E-state index contributed by atoms with van der Waals surface area (Å²) in [5, 5.41) is 0. The van der Waals surface area contributed by atoms with Gasteiger partial charge in [0.05, 0.1) is 11.9 Å². The van der Waals surface area contributed by atoms with Crippen LogP contribution in [0.3, 0.4) is 0 Å². The number of alkyl halides is 3. The molecule has 1 saturated carbocycles. The molecule has 1 unspecified atom stereocenters. The van der Waals surface area contributed by atoms with Crippen LogP contribution in [0, 0.1) is 5.92 Å². The molecule has 0 radical (unpaired) electrons. The molecule has 2 amide bonds. The third-order valence-corrected chi connectivity index (χ3v) is 4.58. The van der Waals surface area contributed by atoms with Gasteiger partial charge in [0.2, 0.25) is 0 Å². The first-order chi connectivity index (χ1) is 12.5. The van der Waals surface area contributed by atoms with E-state index in [1.165, 1.54) is 24.2 Å². The Balaban J connectivity index is 2.32. The van der Waals surface area contributed by atoms with Crippen molar-refractivity contribution in [3.05, 3.63) is 33.8 Å². The quantitative estimate of drug-likeness (QED) is 0.491. The zero-order chi connectivity index (χ0) is 20.4. The van der Waals surface area contributed by atoms with E-state index in [1.807, 2.05) is 0 Å². The molecule has 0 aliphatic heterocycles. The van der Waals surface area contributed by atoms with Gasteiger partial charge in [-0.15, -0.1) is 0 Å². The van der Waals surface area contributed by atoms with Crippen molar-refractivity contribution in [3.63, 3.8) is 0 Å². The molecule has 1 aliphatic rings. The summed E-state index contributed by atoms with van der Waals surface area (Å²) >= 11 is 3.03. The van der Waals surface area contributed by atoms with Crippen molar-refractivity contribution in [3.8, 4) is 0 Å². The summed E-state index contributed by atoms with van der Waals surface area (Å²) in [6.45, 7) is 1.86. The lowest BCUT2D eigenvalue weighted by Gasteiger charge is -2.27. The fourth-order valence-corrected chi connectivity index (χ4v) is 2.94. The van der Waals surface area contributed by atoms with Crippen molar-refractivity contribution >= 4 is 34.1 Å². The summed E-state index contributed by atoms with van der Waals surface area (Å²) < 4.78 is 39.4. The topological polar surface area (TPSA) is 53.0 Å². The highest BCUT2D eigenvalue weighted by atomic mass is 79.9. The number of amides is 2. The second-order valence-corrected chi connectivity index (χ2v) is 7.77. The average Bonchev–Trinajstić information content (AvgIpc) is 3.39. The number of rotatable bonds is 6. The molecule has 1 aromatic rings. The van der Waals surface area contributed by atoms with Gasteiger partial charge in [0.1, 0.15) is 6.04 Å². The van der Waals surface area contributed by atoms with E-state index in [-0.39, 0.29) is 16.0 Å². The van der Waals surface area contributed by atoms with Gasteiger partial charge in [0.15, 0.2) is 0 Å². The molecule has 0 bridgehead atoms. The van der Waals surface area contributed by atoms with Crippen LogP contribution in [0.25, 0.3) is 0 Å². The third kappa shape index (κ3) is 6.05. The highest BCUT2D eigenvalue weighted by Crippen LogP contribution is 2.34. The largest absolute Gasteiger partial charge is 0.416 e. The van der Waals surface area contributed by atoms with Crippen LogP contribution in [0.2, 0.25) is 0 Å². The number of benzene rings is 1. The molecule has 148 valence electrons. The van der Waals surface area contributed by atoms with Gasteiger partial charge in [-0.3, -0.25) is 9.59 Å². The fraction of sp³-hybridized carbons (Fsp3) is 0.500. The molecule has 2 rings (SSSR count). The van der Waals surface area contributed by atoms with E-state index in [2.05, 4.69) is 20.9 Å². The molecule has 0 saturated heterocycles. The predicted molar refractivity (Wildman–Crippen MR) is 99.6 cm³/mol. The number of aliphatic imine (C=N–C) groups is 1. The Bertz CT molecular complexity index is 746. The van der Waals surface area contributed by atoms with E-state index in [4.69, 9.17) is 0 Å². The predicted octanol–water partition coefficient (Wildman–Crippen LogP) is 3.83. The van der Waals surface area contributed by atoms with Gasteiger partial charge in [-0.25, -0.2) is 4.99 Å². The van der Waals surface area contributed by atoms with Gasteiger partial charge < -0.3 is 9.80 Å². The Hall–Kier alpha value is -1.90. The number of halogens is 4. The lowest BCUT2D eigenvalue weighted by molar-refractivity contribution is -0.137. The van der Waals surface area contributed by atoms with E-state index in [0.29, 0.717) is 6.54 Å². The first-order valence-electron chi connectivity index (χ1n) is 8.42. The molecule has 0 spiro atoms. The van der Waals surface area contributed by atoms with Crippen LogP contribution in [0.5, 0.6) is 0 Å². The molecular weight excluding hydrogens is 427 g/mol. The number of carbonyl (C=O) groups excluding carboxylic acids is 2. The Kier molecular flexibility index (Phi) is 6.67. The number of hydrogen-bond acceptors (Lipinski definition) is 2. The maximum atomic E-state index is 13.1.